The van der Waals surface area contributed by atoms with E-state index in [1.807, 2.05) is 12.3 Å². The minimum atomic E-state index is 0.295. The topological polar surface area (TPSA) is 28.2 Å². The zero-order chi connectivity index (χ0) is 14.3. The SMILES string of the molecule is CC(C)NCC(C)(C)CN(C)CCc1ccccn1. The second-order valence-corrected chi connectivity index (χ2v) is 6.51. The van der Waals surface area contributed by atoms with Crippen molar-refractivity contribution in [3.05, 3.63) is 30.1 Å². The third-order valence-electron chi connectivity index (χ3n) is 3.16. The summed E-state index contributed by atoms with van der Waals surface area (Å²) in [5, 5.41) is 3.53. The summed E-state index contributed by atoms with van der Waals surface area (Å²) in [5.41, 5.74) is 1.47. The average molecular weight is 263 g/mol. The van der Waals surface area contributed by atoms with Crippen molar-refractivity contribution >= 4 is 0 Å². The van der Waals surface area contributed by atoms with Crippen molar-refractivity contribution < 1.29 is 0 Å². The highest BCUT2D eigenvalue weighted by Gasteiger charge is 2.20. The Kier molecular flexibility index (Phi) is 6.46. The van der Waals surface area contributed by atoms with Crippen molar-refractivity contribution in [3.8, 4) is 0 Å². The number of nitrogens with zero attached hydrogens (tertiary/aromatic N) is 2. The van der Waals surface area contributed by atoms with Crippen molar-refractivity contribution in [1.29, 1.82) is 0 Å². The van der Waals surface area contributed by atoms with Gasteiger partial charge in [-0.1, -0.05) is 33.8 Å². The fourth-order valence-corrected chi connectivity index (χ4v) is 2.20. The summed E-state index contributed by atoms with van der Waals surface area (Å²) in [6, 6.07) is 6.67. The quantitative estimate of drug-likeness (QED) is 0.781. The van der Waals surface area contributed by atoms with Crippen LogP contribution in [0.1, 0.15) is 33.4 Å². The van der Waals surface area contributed by atoms with Gasteiger partial charge in [-0.2, -0.15) is 0 Å². The first-order valence-corrected chi connectivity index (χ1v) is 7.21. The van der Waals surface area contributed by atoms with Gasteiger partial charge >= 0.3 is 0 Å². The molecule has 0 aliphatic heterocycles. The Morgan fingerprint density at radius 3 is 2.63 bits per heavy atom. The van der Waals surface area contributed by atoms with E-state index in [4.69, 9.17) is 0 Å². The highest BCUT2D eigenvalue weighted by atomic mass is 15.1. The predicted molar refractivity (Wildman–Crippen MR) is 82.4 cm³/mol. The second-order valence-electron chi connectivity index (χ2n) is 6.51. The number of hydrogen-bond donors (Lipinski definition) is 1. The summed E-state index contributed by atoms with van der Waals surface area (Å²) in [7, 11) is 2.19. The fourth-order valence-electron chi connectivity index (χ4n) is 2.20. The van der Waals surface area contributed by atoms with Crippen LogP contribution >= 0.6 is 0 Å². The molecule has 3 heteroatoms. The molecule has 1 N–H and O–H groups in total. The first kappa shape index (κ1) is 16.1. The van der Waals surface area contributed by atoms with Gasteiger partial charge in [0.15, 0.2) is 0 Å². The molecule has 0 aliphatic carbocycles. The van der Waals surface area contributed by atoms with Crippen molar-refractivity contribution in [2.75, 3.05) is 26.7 Å². The number of rotatable bonds is 8. The van der Waals surface area contributed by atoms with Gasteiger partial charge in [0.2, 0.25) is 0 Å². The molecular formula is C16H29N3. The van der Waals surface area contributed by atoms with Gasteiger partial charge in [0.05, 0.1) is 0 Å². The van der Waals surface area contributed by atoms with E-state index in [0.29, 0.717) is 11.5 Å². The molecule has 0 atom stereocenters. The molecule has 108 valence electrons. The molecule has 0 saturated heterocycles. The van der Waals surface area contributed by atoms with Crippen LogP contribution in [-0.2, 0) is 6.42 Å². The van der Waals surface area contributed by atoms with Crippen LogP contribution in [0.25, 0.3) is 0 Å². The highest BCUT2D eigenvalue weighted by Crippen LogP contribution is 2.15. The van der Waals surface area contributed by atoms with Crippen LogP contribution in [-0.4, -0.2) is 42.6 Å². The van der Waals surface area contributed by atoms with Gasteiger partial charge in [0.1, 0.15) is 0 Å². The largest absolute Gasteiger partial charge is 0.314 e. The smallest absolute Gasteiger partial charge is 0.0416 e. The van der Waals surface area contributed by atoms with Crippen LogP contribution in [0.15, 0.2) is 24.4 Å². The molecule has 0 bridgehead atoms. The van der Waals surface area contributed by atoms with Crippen LogP contribution in [0.2, 0.25) is 0 Å². The molecule has 1 aromatic heterocycles. The van der Waals surface area contributed by atoms with Crippen molar-refractivity contribution in [1.82, 2.24) is 15.2 Å². The Labute approximate surface area is 118 Å². The van der Waals surface area contributed by atoms with Crippen molar-refractivity contribution in [2.45, 2.75) is 40.2 Å². The molecule has 0 amide bonds. The van der Waals surface area contributed by atoms with Gasteiger partial charge in [0, 0.05) is 44.0 Å². The molecule has 1 aromatic rings. The van der Waals surface area contributed by atoms with E-state index in [2.05, 4.69) is 62.1 Å². The summed E-state index contributed by atoms with van der Waals surface area (Å²) in [5.74, 6) is 0. The number of pyridine rings is 1. The number of nitrogens with one attached hydrogen (secondary N) is 1. The maximum atomic E-state index is 4.37. The molecule has 0 unspecified atom stereocenters. The van der Waals surface area contributed by atoms with Crippen LogP contribution in [0, 0.1) is 5.41 Å². The van der Waals surface area contributed by atoms with Crippen molar-refractivity contribution in [3.63, 3.8) is 0 Å². The molecule has 0 aliphatic rings. The maximum absolute atomic E-state index is 4.37. The van der Waals surface area contributed by atoms with Crippen LogP contribution in [0.4, 0.5) is 0 Å². The van der Waals surface area contributed by atoms with E-state index < -0.39 is 0 Å². The van der Waals surface area contributed by atoms with Gasteiger partial charge < -0.3 is 10.2 Å². The minimum Gasteiger partial charge on any atom is -0.314 e. The van der Waals surface area contributed by atoms with Gasteiger partial charge in [0.25, 0.3) is 0 Å². The maximum Gasteiger partial charge on any atom is 0.0416 e. The molecule has 0 saturated carbocycles. The minimum absolute atomic E-state index is 0.295. The van der Waals surface area contributed by atoms with Gasteiger partial charge in [-0.15, -0.1) is 0 Å². The lowest BCUT2D eigenvalue weighted by Crippen LogP contribution is -2.41. The van der Waals surface area contributed by atoms with Crippen LogP contribution in [0.3, 0.4) is 0 Å². The van der Waals surface area contributed by atoms with Gasteiger partial charge in [-0.3, -0.25) is 4.98 Å². The van der Waals surface area contributed by atoms with Gasteiger partial charge in [-0.25, -0.2) is 0 Å². The molecule has 0 fully saturated rings. The third kappa shape index (κ3) is 7.28. The Hall–Kier alpha value is -0.930. The molecule has 0 aromatic carbocycles. The summed E-state index contributed by atoms with van der Waals surface area (Å²) < 4.78 is 0. The van der Waals surface area contributed by atoms with E-state index in [9.17, 15) is 0 Å². The Bertz CT molecular complexity index is 346. The number of likely N-dealkylation sites (N-methyl/N-ethyl adjacent to an activating group) is 1. The van der Waals surface area contributed by atoms with Crippen LogP contribution in [0.5, 0.6) is 0 Å². The number of hydrogen-bond acceptors (Lipinski definition) is 3. The fraction of sp³-hybridized carbons (Fsp3) is 0.688. The van der Waals surface area contributed by atoms with Crippen molar-refractivity contribution in [2.24, 2.45) is 5.41 Å². The van der Waals surface area contributed by atoms with Crippen LogP contribution < -0.4 is 5.32 Å². The second kappa shape index (κ2) is 7.61. The van der Waals surface area contributed by atoms with E-state index in [1.165, 1.54) is 5.69 Å². The molecule has 0 radical (unpaired) electrons. The first-order chi connectivity index (χ1) is 8.89. The molecular weight excluding hydrogens is 234 g/mol. The summed E-state index contributed by atoms with van der Waals surface area (Å²) in [6.07, 6.45) is 2.89. The van der Waals surface area contributed by atoms with E-state index in [-0.39, 0.29) is 0 Å². The summed E-state index contributed by atoms with van der Waals surface area (Å²) in [6.45, 7) is 12.2. The predicted octanol–water partition coefficient (Wildman–Crippen LogP) is 2.58. The third-order valence-corrected chi connectivity index (χ3v) is 3.16. The number of aromatic nitrogens is 1. The lowest BCUT2D eigenvalue weighted by atomic mass is 9.92. The molecule has 1 rings (SSSR count). The molecule has 1 heterocycles. The van der Waals surface area contributed by atoms with E-state index in [0.717, 1.165) is 26.1 Å². The van der Waals surface area contributed by atoms with Gasteiger partial charge in [-0.05, 0) is 24.6 Å². The zero-order valence-corrected chi connectivity index (χ0v) is 13.1. The highest BCUT2D eigenvalue weighted by molar-refractivity contribution is 5.03. The molecule has 3 nitrogen and oxygen atoms in total. The van der Waals surface area contributed by atoms with E-state index >= 15 is 0 Å². The Balaban J connectivity index is 2.31. The van der Waals surface area contributed by atoms with E-state index in [1.54, 1.807) is 0 Å². The lowest BCUT2D eigenvalue weighted by molar-refractivity contribution is 0.202. The summed E-state index contributed by atoms with van der Waals surface area (Å²) >= 11 is 0. The summed E-state index contributed by atoms with van der Waals surface area (Å²) in [4.78, 5) is 6.77. The Morgan fingerprint density at radius 1 is 1.32 bits per heavy atom. The standard InChI is InChI=1S/C16H29N3/c1-14(2)18-12-16(3,4)13-19(5)11-9-15-8-6-7-10-17-15/h6-8,10,14,18H,9,11-13H2,1-5H3. The lowest BCUT2D eigenvalue weighted by Gasteiger charge is -2.31. The normalized spacial score (nSPS) is 12.4. The first-order valence-electron chi connectivity index (χ1n) is 7.21. The Morgan fingerprint density at radius 2 is 2.05 bits per heavy atom. The zero-order valence-electron chi connectivity index (χ0n) is 13.1. The molecule has 0 spiro atoms. The monoisotopic (exact) mass is 263 g/mol. The molecule has 19 heavy (non-hydrogen) atoms. The average Bonchev–Trinajstić information content (AvgIpc) is 2.35.